The molecule has 0 aliphatic carbocycles. The summed E-state index contributed by atoms with van der Waals surface area (Å²) in [5.74, 6) is -0.214. The number of sulfonamides is 1. The molecule has 0 spiro atoms. The summed E-state index contributed by atoms with van der Waals surface area (Å²) in [5, 5.41) is 10.7. The molecular weight excluding hydrogens is 370 g/mol. The fraction of sp³-hybridized carbons (Fsp3) is 0.278. The van der Waals surface area contributed by atoms with Crippen LogP contribution in [-0.2, 0) is 10.0 Å². The third-order valence-corrected chi connectivity index (χ3v) is 6.02. The highest BCUT2D eigenvalue weighted by atomic mass is 32.2. The van der Waals surface area contributed by atoms with Crippen molar-refractivity contribution in [2.45, 2.75) is 23.8 Å². The highest BCUT2D eigenvalue weighted by molar-refractivity contribution is 7.89. The number of hydrogen-bond donors (Lipinski definition) is 1. The van der Waals surface area contributed by atoms with Gasteiger partial charge in [0.15, 0.2) is 0 Å². The third kappa shape index (κ3) is 4.50. The summed E-state index contributed by atoms with van der Waals surface area (Å²) in [4.78, 5) is 24.5. The van der Waals surface area contributed by atoms with E-state index in [1.54, 1.807) is 23.1 Å². The lowest BCUT2D eigenvalue weighted by Crippen LogP contribution is -2.46. The van der Waals surface area contributed by atoms with Gasteiger partial charge in [-0.2, -0.15) is 0 Å². The summed E-state index contributed by atoms with van der Waals surface area (Å²) in [5.41, 5.74) is 0.310. The lowest BCUT2D eigenvalue weighted by molar-refractivity contribution is -0.384. The van der Waals surface area contributed by atoms with E-state index in [9.17, 15) is 23.3 Å². The number of carbonyl (C=O) groups is 1. The van der Waals surface area contributed by atoms with E-state index in [2.05, 4.69) is 4.72 Å². The van der Waals surface area contributed by atoms with E-state index >= 15 is 0 Å². The number of rotatable bonds is 5. The van der Waals surface area contributed by atoms with Crippen molar-refractivity contribution in [1.82, 2.24) is 9.62 Å². The van der Waals surface area contributed by atoms with Gasteiger partial charge in [0.25, 0.3) is 11.6 Å². The van der Waals surface area contributed by atoms with Crippen molar-refractivity contribution in [2.24, 2.45) is 0 Å². The normalized spacial score (nSPS) is 15.5. The second kappa shape index (κ2) is 7.85. The van der Waals surface area contributed by atoms with Crippen molar-refractivity contribution in [1.29, 1.82) is 0 Å². The van der Waals surface area contributed by atoms with Gasteiger partial charge in [-0.05, 0) is 37.1 Å². The van der Waals surface area contributed by atoms with Gasteiger partial charge < -0.3 is 4.90 Å². The van der Waals surface area contributed by atoms with E-state index in [4.69, 9.17) is 0 Å². The zero-order chi connectivity index (χ0) is 19.4. The molecule has 0 saturated carbocycles. The number of piperidine rings is 1. The number of benzene rings is 2. The average molecular weight is 389 g/mol. The number of nitro benzene ring substituents is 1. The summed E-state index contributed by atoms with van der Waals surface area (Å²) >= 11 is 0. The first-order valence-corrected chi connectivity index (χ1v) is 9.96. The zero-order valence-electron chi connectivity index (χ0n) is 14.4. The second-order valence-corrected chi connectivity index (χ2v) is 8.02. The Morgan fingerprint density at radius 3 is 2.19 bits per heavy atom. The highest BCUT2D eigenvalue weighted by Crippen LogP contribution is 2.18. The fourth-order valence-corrected chi connectivity index (χ4v) is 4.32. The van der Waals surface area contributed by atoms with Crippen molar-refractivity contribution < 1.29 is 18.1 Å². The summed E-state index contributed by atoms with van der Waals surface area (Å²) in [6.45, 7) is 0.829. The molecule has 2 aromatic carbocycles. The zero-order valence-corrected chi connectivity index (χ0v) is 15.3. The van der Waals surface area contributed by atoms with Crippen LogP contribution < -0.4 is 4.72 Å². The molecule has 1 fully saturated rings. The molecule has 0 atom stereocenters. The maximum atomic E-state index is 12.5. The smallest absolute Gasteiger partial charge is 0.269 e. The van der Waals surface area contributed by atoms with Gasteiger partial charge in [0.1, 0.15) is 0 Å². The molecule has 0 unspecified atom stereocenters. The topological polar surface area (TPSA) is 110 Å². The largest absolute Gasteiger partial charge is 0.339 e. The van der Waals surface area contributed by atoms with Crippen LogP contribution in [0, 0.1) is 10.1 Å². The first-order chi connectivity index (χ1) is 12.9. The SMILES string of the molecule is O=C(c1ccc([N+](=O)[O-])cc1)N1CCC(NS(=O)(=O)c2ccccc2)CC1. The van der Waals surface area contributed by atoms with Crippen LogP contribution in [0.2, 0.25) is 0 Å². The molecule has 9 heteroatoms. The Labute approximate surface area is 157 Å². The Bertz CT molecular complexity index is 921. The average Bonchev–Trinajstić information content (AvgIpc) is 2.68. The van der Waals surface area contributed by atoms with Crippen LogP contribution in [0.4, 0.5) is 5.69 Å². The number of non-ortho nitro benzene ring substituents is 1. The summed E-state index contributed by atoms with van der Waals surface area (Å²) in [7, 11) is -3.58. The Kier molecular flexibility index (Phi) is 5.52. The van der Waals surface area contributed by atoms with Gasteiger partial charge in [-0.1, -0.05) is 18.2 Å². The molecule has 1 amide bonds. The van der Waals surface area contributed by atoms with Gasteiger partial charge in [-0.15, -0.1) is 0 Å². The first kappa shape index (κ1) is 19.0. The van der Waals surface area contributed by atoms with Crippen molar-refractivity contribution in [3.8, 4) is 0 Å². The molecule has 1 N–H and O–H groups in total. The number of likely N-dealkylation sites (tertiary alicyclic amines) is 1. The van der Waals surface area contributed by atoms with Crippen molar-refractivity contribution in [3.05, 3.63) is 70.3 Å². The van der Waals surface area contributed by atoms with Gasteiger partial charge in [-0.25, -0.2) is 13.1 Å². The van der Waals surface area contributed by atoms with Gasteiger partial charge >= 0.3 is 0 Å². The van der Waals surface area contributed by atoms with E-state index < -0.39 is 14.9 Å². The molecule has 1 aliphatic heterocycles. The summed E-state index contributed by atoms with van der Waals surface area (Å²) in [6, 6.07) is 13.4. The summed E-state index contributed by atoms with van der Waals surface area (Å²) in [6.07, 6.45) is 1.01. The predicted molar refractivity (Wildman–Crippen MR) is 98.8 cm³/mol. The van der Waals surface area contributed by atoms with Crippen molar-refractivity contribution in [2.75, 3.05) is 13.1 Å². The van der Waals surface area contributed by atoms with Crippen LogP contribution in [0.1, 0.15) is 23.2 Å². The Morgan fingerprint density at radius 2 is 1.63 bits per heavy atom. The number of nitrogens with one attached hydrogen (secondary N) is 1. The molecule has 1 aliphatic rings. The first-order valence-electron chi connectivity index (χ1n) is 8.48. The molecule has 2 aromatic rings. The molecular formula is C18H19N3O5S. The lowest BCUT2D eigenvalue weighted by Gasteiger charge is -2.32. The van der Waals surface area contributed by atoms with Crippen LogP contribution in [0.25, 0.3) is 0 Å². The van der Waals surface area contributed by atoms with Gasteiger partial charge in [0.2, 0.25) is 10.0 Å². The number of nitro groups is 1. The van der Waals surface area contributed by atoms with Crippen LogP contribution in [-0.4, -0.2) is 43.3 Å². The van der Waals surface area contributed by atoms with Crippen molar-refractivity contribution in [3.63, 3.8) is 0 Å². The molecule has 8 nitrogen and oxygen atoms in total. The number of amides is 1. The lowest BCUT2D eigenvalue weighted by atomic mass is 10.0. The van der Waals surface area contributed by atoms with Crippen LogP contribution in [0.3, 0.4) is 0 Å². The van der Waals surface area contributed by atoms with Crippen LogP contribution in [0.5, 0.6) is 0 Å². The molecule has 0 bridgehead atoms. The van der Waals surface area contributed by atoms with Gasteiger partial charge in [0.05, 0.1) is 9.82 Å². The quantitative estimate of drug-likeness (QED) is 0.623. The van der Waals surface area contributed by atoms with E-state index in [1.165, 1.54) is 36.4 Å². The summed E-state index contributed by atoms with van der Waals surface area (Å²) < 4.78 is 27.4. The molecule has 1 saturated heterocycles. The third-order valence-electron chi connectivity index (χ3n) is 4.48. The maximum Gasteiger partial charge on any atom is 0.269 e. The molecule has 27 heavy (non-hydrogen) atoms. The van der Waals surface area contributed by atoms with E-state index in [1.807, 2.05) is 0 Å². The fourth-order valence-electron chi connectivity index (χ4n) is 3.00. The molecule has 0 radical (unpaired) electrons. The Balaban J connectivity index is 1.58. The monoisotopic (exact) mass is 389 g/mol. The Morgan fingerprint density at radius 1 is 1.04 bits per heavy atom. The minimum atomic E-state index is -3.58. The Hall–Kier alpha value is -2.78. The van der Waals surface area contributed by atoms with E-state index in [0.29, 0.717) is 31.5 Å². The molecule has 1 heterocycles. The van der Waals surface area contributed by atoms with Crippen LogP contribution >= 0.6 is 0 Å². The van der Waals surface area contributed by atoms with E-state index in [-0.39, 0.29) is 22.5 Å². The minimum absolute atomic E-state index is 0.0689. The standard InChI is InChI=1S/C18H19N3O5S/c22-18(14-6-8-16(9-7-14)21(23)24)20-12-10-15(11-13-20)19-27(25,26)17-4-2-1-3-5-17/h1-9,15,19H,10-13H2. The van der Waals surface area contributed by atoms with E-state index in [0.717, 1.165) is 0 Å². The van der Waals surface area contributed by atoms with Gasteiger partial charge in [-0.3, -0.25) is 14.9 Å². The molecule has 0 aromatic heterocycles. The highest BCUT2D eigenvalue weighted by Gasteiger charge is 2.27. The number of hydrogen-bond acceptors (Lipinski definition) is 5. The molecule has 142 valence electrons. The predicted octanol–water partition coefficient (Wildman–Crippen LogP) is 2.18. The van der Waals surface area contributed by atoms with Crippen LogP contribution in [0.15, 0.2) is 59.5 Å². The van der Waals surface area contributed by atoms with Gasteiger partial charge in [0, 0.05) is 36.8 Å². The number of carbonyl (C=O) groups excluding carboxylic acids is 1. The second-order valence-electron chi connectivity index (χ2n) is 6.30. The number of nitrogens with zero attached hydrogens (tertiary/aromatic N) is 2. The molecule has 3 rings (SSSR count). The van der Waals surface area contributed by atoms with Crippen molar-refractivity contribution >= 4 is 21.6 Å². The minimum Gasteiger partial charge on any atom is -0.339 e. The maximum absolute atomic E-state index is 12.5.